The lowest BCUT2D eigenvalue weighted by Gasteiger charge is -2.24. The van der Waals surface area contributed by atoms with E-state index in [2.05, 4.69) is 24.6 Å². The molecule has 0 radical (unpaired) electrons. The first-order valence-corrected chi connectivity index (χ1v) is 10.8. The summed E-state index contributed by atoms with van der Waals surface area (Å²) in [6.07, 6.45) is 1.25. The molecule has 0 aliphatic heterocycles. The van der Waals surface area contributed by atoms with Crippen molar-refractivity contribution in [2.75, 3.05) is 11.9 Å². The monoisotopic (exact) mass is 320 g/mol. The van der Waals surface area contributed by atoms with Gasteiger partial charge in [-0.1, -0.05) is 19.6 Å². The molecule has 2 aromatic heterocycles. The average molecular weight is 320 g/mol. The summed E-state index contributed by atoms with van der Waals surface area (Å²) in [4.78, 5) is 17.9. The van der Waals surface area contributed by atoms with Crippen LogP contribution in [0.25, 0.3) is 11.1 Å². The minimum absolute atomic E-state index is 0.411. The number of anilines is 1. The highest BCUT2D eigenvalue weighted by Gasteiger charge is 2.24. The van der Waals surface area contributed by atoms with E-state index in [1.165, 1.54) is 4.90 Å². The SMILES string of the molecule is CN(C(=O)OC(C)(C)C)c1cnc2cc([Si](C)(C)C)oc2c1. The predicted octanol–water partition coefficient (Wildman–Crippen LogP) is 3.74. The van der Waals surface area contributed by atoms with E-state index >= 15 is 0 Å². The zero-order valence-electron chi connectivity index (χ0n) is 14.4. The van der Waals surface area contributed by atoms with Crippen molar-refractivity contribution in [3.05, 3.63) is 18.3 Å². The van der Waals surface area contributed by atoms with Crippen LogP contribution < -0.4 is 10.3 Å². The summed E-state index contributed by atoms with van der Waals surface area (Å²) in [5.41, 5.74) is 1.64. The standard InChI is InChI=1S/C16H24N2O3Si/c1-16(2,3)21-15(19)18(4)11-8-13-12(17-10-11)9-14(20-13)22(5,6)7/h8-10H,1-7H3. The Labute approximate surface area is 132 Å². The fraction of sp³-hybridized carbons (Fsp3) is 0.500. The number of amides is 1. The first-order valence-electron chi connectivity index (χ1n) is 7.34. The van der Waals surface area contributed by atoms with E-state index in [1.807, 2.05) is 32.9 Å². The van der Waals surface area contributed by atoms with Crippen LogP contribution in [-0.2, 0) is 4.74 Å². The van der Waals surface area contributed by atoms with Gasteiger partial charge in [-0.15, -0.1) is 0 Å². The smallest absolute Gasteiger partial charge is 0.414 e. The van der Waals surface area contributed by atoms with Gasteiger partial charge >= 0.3 is 6.09 Å². The van der Waals surface area contributed by atoms with Gasteiger partial charge in [-0.05, 0) is 20.8 Å². The highest BCUT2D eigenvalue weighted by atomic mass is 28.3. The van der Waals surface area contributed by atoms with Gasteiger partial charge in [0, 0.05) is 19.2 Å². The van der Waals surface area contributed by atoms with Crippen molar-refractivity contribution < 1.29 is 13.9 Å². The Kier molecular flexibility index (Phi) is 4.08. The van der Waals surface area contributed by atoms with Crippen LogP contribution in [0.1, 0.15) is 20.8 Å². The fourth-order valence-electron chi connectivity index (χ4n) is 1.90. The lowest BCUT2D eigenvalue weighted by molar-refractivity contribution is 0.0589. The molecule has 0 N–H and O–H groups in total. The number of aromatic nitrogens is 1. The van der Waals surface area contributed by atoms with Gasteiger partial charge < -0.3 is 9.15 Å². The maximum absolute atomic E-state index is 12.1. The number of furan rings is 1. The number of ether oxygens (including phenoxy) is 1. The van der Waals surface area contributed by atoms with Crippen LogP contribution in [0.2, 0.25) is 19.6 Å². The first-order chi connectivity index (χ1) is 9.97. The number of hydrogen-bond acceptors (Lipinski definition) is 4. The van der Waals surface area contributed by atoms with Crippen molar-refractivity contribution in [2.45, 2.75) is 46.0 Å². The van der Waals surface area contributed by atoms with Crippen LogP contribution in [0.3, 0.4) is 0 Å². The second kappa shape index (κ2) is 5.42. The summed E-state index contributed by atoms with van der Waals surface area (Å²) in [7, 11) is 0.139. The van der Waals surface area contributed by atoms with Crippen LogP contribution >= 0.6 is 0 Å². The van der Waals surface area contributed by atoms with Crippen LogP contribution in [0.4, 0.5) is 10.5 Å². The largest absolute Gasteiger partial charge is 0.464 e. The van der Waals surface area contributed by atoms with Crippen molar-refractivity contribution >= 4 is 36.3 Å². The molecule has 0 unspecified atom stereocenters. The summed E-state index contributed by atoms with van der Waals surface area (Å²) >= 11 is 0. The molecule has 0 spiro atoms. The molecule has 0 saturated carbocycles. The number of fused-ring (bicyclic) bond motifs is 1. The summed E-state index contributed by atoms with van der Waals surface area (Å²) in [6.45, 7) is 12.2. The highest BCUT2D eigenvalue weighted by Crippen LogP contribution is 2.22. The maximum atomic E-state index is 12.1. The molecular formula is C16H24N2O3Si. The zero-order valence-corrected chi connectivity index (χ0v) is 15.4. The number of hydrogen-bond donors (Lipinski definition) is 0. The quantitative estimate of drug-likeness (QED) is 0.791. The summed E-state index contributed by atoms with van der Waals surface area (Å²) in [6, 6.07) is 3.83. The number of carbonyl (C=O) groups is 1. The Hall–Kier alpha value is -1.82. The lowest BCUT2D eigenvalue weighted by atomic mass is 10.2. The van der Waals surface area contributed by atoms with Crippen molar-refractivity contribution in [3.63, 3.8) is 0 Å². The van der Waals surface area contributed by atoms with E-state index in [0.717, 1.165) is 10.9 Å². The molecule has 120 valence electrons. The normalized spacial score (nSPS) is 12.5. The van der Waals surface area contributed by atoms with Gasteiger partial charge in [0.15, 0.2) is 5.58 Å². The molecule has 2 heterocycles. The maximum Gasteiger partial charge on any atom is 0.414 e. The molecule has 1 amide bonds. The number of nitrogens with zero attached hydrogens (tertiary/aromatic N) is 2. The number of rotatable bonds is 2. The lowest BCUT2D eigenvalue weighted by Crippen LogP contribution is -2.36. The van der Waals surface area contributed by atoms with E-state index in [-0.39, 0.29) is 0 Å². The third kappa shape index (κ3) is 3.68. The van der Waals surface area contributed by atoms with Crippen LogP contribution in [0.5, 0.6) is 0 Å². The highest BCUT2D eigenvalue weighted by molar-refractivity contribution is 6.87. The molecule has 0 aliphatic carbocycles. The number of pyridine rings is 1. The fourth-order valence-corrected chi connectivity index (χ4v) is 2.88. The van der Waals surface area contributed by atoms with E-state index in [4.69, 9.17) is 9.15 Å². The molecule has 6 heteroatoms. The number of carbonyl (C=O) groups excluding carboxylic acids is 1. The molecule has 2 rings (SSSR count). The molecule has 0 fully saturated rings. The van der Waals surface area contributed by atoms with Crippen LogP contribution in [0.15, 0.2) is 22.7 Å². The molecule has 22 heavy (non-hydrogen) atoms. The summed E-state index contributed by atoms with van der Waals surface area (Å²) in [5.74, 6) is 0. The van der Waals surface area contributed by atoms with Crippen LogP contribution in [0, 0.1) is 0 Å². The Balaban J connectivity index is 2.31. The van der Waals surface area contributed by atoms with Crippen molar-refractivity contribution in [1.29, 1.82) is 0 Å². The Bertz CT molecular complexity index is 695. The van der Waals surface area contributed by atoms with E-state index in [1.54, 1.807) is 13.2 Å². The molecular weight excluding hydrogens is 296 g/mol. The Morgan fingerprint density at radius 2 is 1.91 bits per heavy atom. The van der Waals surface area contributed by atoms with Gasteiger partial charge in [0.25, 0.3) is 0 Å². The topological polar surface area (TPSA) is 55.6 Å². The minimum atomic E-state index is -1.53. The van der Waals surface area contributed by atoms with Crippen molar-refractivity contribution in [3.8, 4) is 0 Å². The van der Waals surface area contributed by atoms with Gasteiger partial charge in [0.2, 0.25) is 0 Å². The third-order valence-electron chi connectivity index (χ3n) is 3.15. The summed E-state index contributed by atoms with van der Waals surface area (Å²) in [5, 5.41) is 1.01. The molecule has 2 aromatic rings. The minimum Gasteiger partial charge on any atom is -0.464 e. The molecule has 0 bridgehead atoms. The Morgan fingerprint density at radius 1 is 1.27 bits per heavy atom. The van der Waals surface area contributed by atoms with Gasteiger partial charge in [0.05, 0.1) is 17.3 Å². The van der Waals surface area contributed by atoms with Gasteiger partial charge in [0.1, 0.15) is 19.2 Å². The van der Waals surface area contributed by atoms with Crippen molar-refractivity contribution in [1.82, 2.24) is 4.98 Å². The molecule has 0 saturated heterocycles. The Morgan fingerprint density at radius 3 is 2.45 bits per heavy atom. The molecule has 0 aromatic carbocycles. The van der Waals surface area contributed by atoms with E-state index in [0.29, 0.717) is 11.3 Å². The van der Waals surface area contributed by atoms with Crippen molar-refractivity contribution in [2.24, 2.45) is 0 Å². The van der Waals surface area contributed by atoms with Gasteiger partial charge in [-0.2, -0.15) is 0 Å². The third-order valence-corrected chi connectivity index (χ3v) is 4.87. The first kappa shape index (κ1) is 16.5. The molecule has 0 aliphatic rings. The van der Waals surface area contributed by atoms with Gasteiger partial charge in [-0.3, -0.25) is 9.88 Å². The zero-order chi connectivity index (χ0) is 16.7. The average Bonchev–Trinajstić information content (AvgIpc) is 2.78. The second-order valence-corrected chi connectivity index (χ2v) is 12.5. The molecule has 0 atom stereocenters. The predicted molar refractivity (Wildman–Crippen MR) is 91.6 cm³/mol. The molecule has 5 nitrogen and oxygen atoms in total. The van der Waals surface area contributed by atoms with E-state index < -0.39 is 19.8 Å². The summed E-state index contributed by atoms with van der Waals surface area (Å²) < 4.78 is 11.3. The van der Waals surface area contributed by atoms with E-state index in [9.17, 15) is 4.79 Å². The van der Waals surface area contributed by atoms with Gasteiger partial charge in [-0.25, -0.2) is 4.79 Å². The second-order valence-electron chi connectivity index (χ2n) is 7.48. The van der Waals surface area contributed by atoms with Crippen LogP contribution in [-0.4, -0.2) is 31.8 Å².